The zero-order valence-electron chi connectivity index (χ0n) is 10.9. The molecule has 3 nitrogen and oxygen atoms in total. The van der Waals surface area contributed by atoms with Crippen LogP contribution < -0.4 is 0 Å². The molecule has 19 heavy (non-hydrogen) atoms. The maximum absolute atomic E-state index is 11.6. The van der Waals surface area contributed by atoms with E-state index in [1.54, 1.807) is 42.5 Å². The first kappa shape index (κ1) is 13.3. The minimum atomic E-state index is -2.02. The van der Waals surface area contributed by atoms with Gasteiger partial charge in [-0.05, 0) is 25.0 Å². The number of aliphatic hydroxyl groups is 1. The summed E-state index contributed by atoms with van der Waals surface area (Å²) in [6.07, 6.45) is 0. The van der Waals surface area contributed by atoms with Gasteiger partial charge in [0.15, 0.2) is 0 Å². The van der Waals surface area contributed by atoms with Gasteiger partial charge in [-0.1, -0.05) is 59.7 Å². The number of rotatable bonds is 3. The van der Waals surface area contributed by atoms with Gasteiger partial charge < -0.3 is 10.2 Å². The summed E-state index contributed by atoms with van der Waals surface area (Å²) in [6, 6.07) is 13.8. The number of benzene rings is 2. The number of aryl methyl sites for hydroxylation is 2. The van der Waals surface area contributed by atoms with E-state index in [-0.39, 0.29) is 0 Å². The fourth-order valence-corrected chi connectivity index (χ4v) is 2.28. The lowest BCUT2D eigenvalue weighted by Crippen LogP contribution is -2.36. The Morgan fingerprint density at radius 1 is 0.947 bits per heavy atom. The molecule has 0 spiro atoms. The van der Waals surface area contributed by atoms with Gasteiger partial charge in [-0.3, -0.25) is 0 Å². The molecule has 0 bridgehead atoms. The topological polar surface area (TPSA) is 57.5 Å². The minimum Gasteiger partial charge on any atom is -0.479 e. The van der Waals surface area contributed by atoms with Crippen LogP contribution in [0.1, 0.15) is 22.3 Å². The van der Waals surface area contributed by atoms with Crippen LogP contribution >= 0.6 is 0 Å². The van der Waals surface area contributed by atoms with Crippen LogP contribution in [0.3, 0.4) is 0 Å². The Bertz CT molecular complexity index is 584. The number of hydrogen-bond acceptors (Lipinski definition) is 2. The Morgan fingerprint density at radius 3 is 1.95 bits per heavy atom. The highest BCUT2D eigenvalue weighted by atomic mass is 16.4. The van der Waals surface area contributed by atoms with Gasteiger partial charge >= 0.3 is 5.97 Å². The van der Waals surface area contributed by atoms with Gasteiger partial charge in [0.25, 0.3) is 0 Å². The molecule has 0 aliphatic carbocycles. The van der Waals surface area contributed by atoms with Crippen LogP contribution in [0.15, 0.2) is 48.5 Å². The van der Waals surface area contributed by atoms with Gasteiger partial charge in [0.2, 0.25) is 5.60 Å². The van der Waals surface area contributed by atoms with E-state index < -0.39 is 11.6 Å². The molecular weight excluding hydrogens is 240 g/mol. The molecule has 0 aliphatic rings. The predicted molar refractivity (Wildman–Crippen MR) is 73.0 cm³/mol. The largest absolute Gasteiger partial charge is 0.479 e. The van der Waals surface area contributed by atoms with Gasteiger partial charge in [0, 0.05) is 0 Å². The van der Waals surface area contributed by atoms with Crippen LogP contribution in [0, 0.1) is 13.8 Å². The lowest BCUT2D eigenvalue weighted by molar-refractivity contribution is -0.155. The maximum atomic E-state index is 11.6. The molecule has 0 fully saturated rings. The third-order valence-corrected chi connectivity index (χ3v) is 3.14. The van der Waals surface area contributed by atoms with Crippen LogP contribution in [-0.4, -0.2) is 16.2 Å². The number of aliphatic carboxylic acids is 1. The second-order valence-electron chi connectivity index (χ2n) is 4.76. The van der Waals surface area contributed by atoms with Crippen molar-refractivity contribution >= 4 is 5.97 Å². The molecule has 2 rings (SSSR count). The Balaban J connectivity index is 2.67. The molecule has 0 heterocycles. The maximum Gasteiger partial charge on any atom is 0.345 e. The molecule has 0 amide bonds. The molecule has 2 N–H and O–H groups in total. The van der Waals surface area contributed by atoms with Crippen LogP contribution in [0.25, 0.3) is 0 Å². The highest BCUT2D eigenvalue weighted by Crippen LogP contribution is 2.31. The van der Waals surface area contributed by atoms with E-state index in [9.17, 15) is 15.0 Å². The van der Waals surface area contributed by atoms with Crippen molar-refractivity contribution < 1.29 is 15.0 Å². The zero-order valence-corrected chi connectivity index (χ0v) is 10.9. The van der Waals surface area contributed by atoms with Gasteiger partial charge in [0.05, 0.1) is 0 Å². The van der Waals surface area contributed by atoms with Crippen molar-refractivity contribution in [2.24, 2.45) is 0 Å². The van der Waals surface area contributed by atoms with E-state index in [4.69, 9.17) is 0 Å². The lowest BCUT2D eigenvalue weighted by atomic mass is 9.85. The summed E-state index contributed by atoms with van der Waals surface area (Å²) in [4.78, 5) is 11.6. The molecule has 1 atom stereocenters. The molecule has 0 saturated heterocycles. The minimum absolute atomic E-state index is 0.354. The summed E-state index contributed by atoms with van der Waals surface area (Å²) in [5.74, 6) is -1.27. The van der Waals surface area contributed by atoms with Crippen molar-refractivity contribution in [2.45, 2.75) is 19.4 Å². The first-order valence-corrected chi connectivity index (χ1v) is 6.04. The van der Waals surface area contributed by atoms with Gasteiger partial charge in [-0.2, -0.15) is 0 Å². The van der Waals surface area contributed by atoms with Crippen LogP contribution in [0.4, 0.5) is 0 Å². The smallest absolute Gasteiger partial charge is 0.345 e. The van der Waals surface area contributed by atoms with Gasteiger partial charge in [-0.25, -0.2) is 4.79 Å². The summed E-state index contributed by atoms with van der Waals surface area (Å²) in [5, 5.41) is 20.2. The standard InChI is InChI=1S/C16H16O3/c1-11-8-12(2)10-14(9-11)16(19,15(17)18)13-6-4-3-5-7-13/h3-10,19H,1-2H3,(H,17,18). The van der Waals surface area contributed by atoms with Crippen LogP contribution in [-0.2, 0) is 10.4 Å². The van der Waals surface area contributed by atoms with E-state index in [2.05, 4.69) is 0 Å². The number of carbonyl (C=O) groups is 1. The van der Waals surface area contributed by atoms with Crippen LogP contribution in [0.5, 0.6) is 0 Å². The SMILES string of the molecule is Cc1cc(C)cc(C(O)(C(=O)O)c2ccccc2)c1. The number of carboxylic acid groups (broad SMARTS) is 1. The van der Waals surface area contributed by atoms with Crippen molar-refractivity contribution in [3.05, 3.63) is 70.8 Å². The third kappa shape index (κ3) is 2.37. The van der Waals surface area contributed by atoms with E-state index >= 15 is 0 Å². The van der Waals surface area contributed by atoms with Crippen molar-refractivity contribution in [1.82, 2.24) is 0 Å². The van der Waals surface area contributed by atoms with Gasteiger partial charge in [-0.15, -0.1) is 0 Å². The van der Waals surface area contributed by atoms with Crippen molar-refractivity contribution in [1.29, 1.82) is 0 Å². The molecule has 1 unspecified atom stereocenters. The normalized spacial score (nSPS) is 13.8. The van der Waals surface area contributed by atoms with Gasteiger partial charge in [0.1, 0.15) is 0 Å². The molecule has 2 aromatic rings. The Hall–Kier alpha value is -2.13. The summed E-state index contributed by atoms with van der Waals surface area (Å²) in [7, 11) is 0. The Kier molecular flexibility index (Phi) is 3.40. The second-order valence-corrected chi connectivity index (χ2v) is 4.76. The highest BCUT2D eigenvalue weighted by Gasteiger charge is 2.40. The van der Waals surface area contributed by atoms with E-state index in [1.807, 2.05) is 19.9 Å². The average Bonchev–Trinajstić information content (AvgIpc) is 2.37. The highest BCUT2D eigenvalue weighted by molar-refractivity contribution is 5.83. The third-order valence-electron chi connectivity index (χ3n) is 3.14. The summed E-state index contributed by atoms with van der Waals surface area (Å²) >= 11 is 0. The lowest BCUT2D eigenvalue weighted by Gasteiger charge is -2.25. The fourth-order valence-electron chi connectivity index (χ4n) is 2.28. The Morgan fingerprint density at radius 2 is 1.47 bits per heavy atom. The monoisotopic (exact) mass is 256 g/mol. The number of carboxylic acids is 1. The molecule has 2 aromatic carbocycles. The molecule has 3 heteroatoms. The Labute approximate surface area is 112 Å². The summed E-state index contributed by atoms with van der Waals surface area (Å²) in [6.45, 7) is 3.76. The summed E-state index contributed by atoms with van der Waals surface area (Å²) in [5.41, 5.74) is 0.560. The molecule has 0 aromatic heterocycles. The molecular formula is C16H16O3. The molecule has 98 valence electrons. The second kappa shape index (κ2) is 4.86. The molecule has 0 saturated carbocycles. The number of hydrogen-bond donors (Lipinski definition) is 2. The quantitative estimate of drug-likeness (QED) is 0.887. The molecule has 0 aliphatic heterocycles. The average molecular weight is 256 g/mol. The first-order valence-electron chi connectivity index (χ1n) is 6.04. The fraction of sp³-hybridized carbons (Fsp3) is 0.188. The van der Waals surface area contributed by atoms with E-state index in [1.165, 1.54) is 0 Å². The van der Waals surface area contributed by atoms with E-state index in [0.29, 0.717) is 11.1 Å². The summed E-state index contributed by atoms with van der Waals surface area (Å²) < 4.78 is 0. The predicted octanol–water partition coefficient (Wildman–Crippen LogP) is 2.62. The molecule has 0 radical (unpaired) electrons. The first-order chi connectivity index (χ1) is 8.94. The van der Waals surface area contributed by atoms with Crippen LogP contribution in [0.2, 0.25) is 0 Å². The van der Waals surface area contributed by atoms with Crippen molar-refractivity contribution in [3.8, 4) is 0 Å². The zero-order chi connectivity index (χ0) is 14.0. The van der Waals surface area contributed by atoms with E-state index in [0.717, 1.165) is 11.1 Å². The van der Waals surface area contributed by atoms with Crippen molar-refractivity contribution in [3.63, 3.8) is 0 Å². The van der Waals surface area contributed by atoms with Crippen molar-refractivity contribution in [2.75, 3.05) is 0 Å².